The van der Waals surface area contributed by atoms with Crippen LogP contribution in [0.5, 0.6) is 0 Å². The van der Waals surface area contributed by atoms with Gasteiger partial charge < -0.3 is 34.3 Å². The number of ketones is 2. The minimum absolute atomic E-state index is 0.0386. The molecule has 0 amide bonds. The second-order valence-corrected chi connectivity index (χ2v) is 14.1. The first-order valence-corrected chi connectivity index (χ1v) is 14.2. The van der Waals surface area contributed by atoms with Crippen LogP contribution < -0.4 is 0 Å². The molecular formula is C29H36O11. The van der Waals surface area contributed by atoms with Crippen LogP contribution >= 0.6 is 0 Å². The van der Waals surface area contributed by atoms with E-state index in [-0.39, 0.29) is 31.5 Å². The predicted molar refractivity (Wildman–Crippen MR) is 132 cm³/mol. The fourth-order valence-electron chi connectivity index (χ4n) is 10.1. The van der Waals surface area contributed by atoms with E-state index < -0.39 is 99.7 Å². The first-order valence-electron chi connectivity index (χ1n) is 14.2. The quantitative estimate of drug-likeness (QED) is 0.387. The van der Waals surface area contributed by atoms with E-state index in [0.29, 0.717) is 5.57 Å². The van der Waals surface area contributed by atoms with Crippen LogP contribution in [0.15, 0.2) is 11.6 Å². The number of hydrogen-bond acceptors (Lipinski definition) is 11. The van der Waals surface area contributed by atoms with E-state index in [9.17, 15) is 34.5 Å². The van der Waals surface area contributed by atoms with Crippen molar-refractivity contribution in [2.45, 2.75) is 107 Å². The van der Waals surface area contributed by atoms with Gasteiger partial charge in [-0.15, -0.1) is 0 Å². The Labute approximate surface area is 231 Å². The largest absolute Gasteiger partial charge is 0.454 e. The molecule has 12 atom stereocenters. The fraction of sp³-hybridized carbons (Fsp3) is 0.793. The lowest BCUT2D eigenvalue weighted by molar-refractivity contribution is -0.284. The molecule has 4 saturated heterocycles. The number of carbonyl (C=O) groups excluding carboxylic acids is 4. The molecule has 6 fully saturated rings. The Morgan fingerprint density at radius 2 is 1.70 bits per heavy atom. The van der Waals surface area contributed by atoms with Gasteiger partial charge in [-0.3, -0.25) is 14.4 Å². The van der Waals surface area contributed by atoms with Crippen LogP contribution in [-0.4, -0.2) is 79.4 Å². The molecule has 5 aliphatic heterocycles. The third-order valence-corrected chi connectivity index (χ3v) is 11.6. The molecule has 2 saturated carbocycles. The van der Waals surface area contributed by atoms with E-state index in [0.717, 1.165) is 0 Å². The Morgan fingerprint density at radius 3 is 2.35 bits per heavy atom. The summed E-state index contributed by atoms with van der Waals surface area (Å²) in [5, 5.41) is 35.7. The van der Waals surface area contributed by atoms with E-state index in [4.69, 9.17) is 18.9 Å². The summed E-state index contributed by atoms with van der Waals surface area (Å²) in [6.45, 7) is 8.53. The highest BCUT2D eigenvalue weighted by molar-refractivity contribution is 5.97. The Morgan fingerprint density at radius 1 is 1.00 bits per heavy atom. The maximum Gasteiger partial charge on any atom is 0.334 e. The van der Waals surface area contributed by atoms with Gasteiger partial charge in [0.15, 0.2) is 5.60 Å². The molecule has 2 bridgehead atoms. The summed E-state index contributed by atoms with van der Waals surface area (Å²) in [6.07, 6.45) is -0.878. The average Bonchev–Trinajstić information content (AvgIpc) is 3.42. The molecule has 7 rings (SSSR count). The van der Waals surface area contributed by atoms with Crippen LogP contribution in [0.25, 0.3) is 0 Å². The SMILES string of the molecule is CC1=C[C@H]([C@H]2[C@H](C)C(=O)[C@@]3(C)CC[C@]45C[C@]67OC(=O)C[C@@]6(O)OC(C)(C)[C@@H]7C[C@H](O)[C@H]4C(=O)[C@@](O)(O5)[C@@H]23)OC1=O. The average molecular weight is 561 g/mol. The van der Waals surface area contributed by atoms with Gasteiger partial charge in [0.2, 0.25) is 17.4 Å². The lowest BCUT2D eigenvalue weighted by Crippen LogP contribution is -2.56. The van der Waals surface area contributed by atoms with Gasteiger partial charge in [-0.2, -0.15) is 0 Å². The van der Waals surface area contributed by atoms with Crippen LogP contribution in [0, 0.1) is 35.0 Å². The summed E-state index contributed by atoms with van der Waals surface area (Å²) in [6, 6.07) is 0. The van der Waals surface area contributed by atoms with Gasteiger partial charge >= 0.3 is 11.9 Å². The lowest BCUT2D eigenvalue weighted by atomic mass is 9.62. The fourth-order valence-corrected chi connectivity index (χ4v) is 10.1. The van der Waals surface area contributed by atoms with Crippen molar-refractivity contribution in [2.75, 3.05) is 0 Å². The molecular weight excluding hydrogens is 524 g/mol. The molecule has 11 nitrogen and oxygen atoms in total. The first-order chi connectivity index (χ1) is 18.4. The number of rotatable bonds is 1. The summed E-state index contributed by atoms with van der Waals surface area (Å²) in [4.78, 5) is 53.2. The maximum atomic E-state index is 14.4. The van der Waals surface area contributed by atoms with Gasteiger partial charge in [-0.25, -0.2) is 4.79 Å². The smallest absolute Gasteiger partial charge is 0.334 e. The van der Waals surface area contributed by atoms with Gasteiger partial charge in [-0.05, 0) is 46.1 Å². The normalized spacial score (nSPS) is 56.0. The minimum Gasteiger partial charge on any atom is -0.454 e. The first kappa shape index (κ1) is 26.7. The maximum absolute atomic E-state index is 14.4. The molecule has 2 spiro atoms. The second kappa shape index (κ2) is 7.42. The Bertz CT molecular complexity index is 1300. The number of aliphatic hydroxyl groups excluding tert-OH is 1. The molecule has 218 valence electrons. The summed E-state index contributed by atoms with van der Waals surface area (Å²) in [7, 11) is 0. The van der Waals surface area contributed by atoms with Crippen molar-refractivity contribution in [3.63, 3.8) is 0 Å². The van der Waals surface area contributed by atoms with E-state index in [1.165, 1.54) is 0 Å². The third-order valence-electron chi connectivity index (χ3n) is 11.6. The molecule has 0 aromatic heterocycles. The topological polar surface area (TPSA) is 166 Å². The zero-order valence-electron chi connectivity index (χ0n) is 23.3. The van der Waals surface area contributed by atoms with Gasteiger partial charge in [0.25, 0.3) is 0 Å². The van der Waals surface area contributed by atoms with Gasteiger partial charge in [0.1, 0.15) is 18.3 Å². The second-order valence-electron chi connectivity index (χ2n) is 14.1. The van der Waals surface area contributed by atoms with Crippen molar-refractivity contribution in [1.29, 1.82) is 0 Å². The zero-order valence-corrected chi connectivity index (χ0v) is 23.3. The molecule has 0 aromatic carbocycles. The Balaban J connectivity index is 1.38. The highest BCUT2D eigenvalue weighted by atomic mass is 16.7. The molecule has 11 heteroatoms. The molecule has 0 aromatic rings. The Kier molecular flexibility index (Phi) is 4.95. The lowest BCUT2D eigenvalue weighted by Gasteiger charge is -2.42. The van der Waals surface area contributed by atoms with Gasteiger partial charge in [0.05, 0.1) is 23.2 Å². The van der Waals surface area contributed by atoms with Crippen LogP contribution in [0.2, 0.25) is 0 Å². The monoisotopic (exact) mass is 560 g/mol. The minimum atomic E-state index is -2.49. The molecule has 0 unspecified atom stereocenters. The zero-order chi connectivity index (χ0) is 29.0. The predicted octanol–water partition coefficient (Wildman–Crippen LogP) is 0.706. The van der Waals surface area contributed by atoms with Crippen LogP contribution in [0.4, 0.5) is 0 Å². The Hall–Kier alpha value is -2.18. The van der Waals surface area contributed by atoms with Crippen molar-refractivity contribution < 1.29 is 53.4 Å². The number of carbonyl (C=O) groups is 4. The molecule has 5 heterocycles. The highest BCUT2D eigenvalue weighted by Crippen LogP contribution is 2.69. The van der Waals surface area contributed by atoms with Crippen molar-refractivity contribution in [3.8, 4) is 0 Å². The summed E-state index contributed by atoms with van der Waals surface area (Å²) in [5.74, 6) is -10.9. The van der Waals surface area contributed by atoms with Crippen molar-refractivity contribution in [3.05, 3.63) is 11.6 Å². The van der Waals surface area contributed by atoms with E-state index >= 15 is 0 Å². The molecule has 40 heavy (non-hydrogen) atoms. The highest BCUT2D eigenvalue weighted by Gasteiger charge is 2.83. The van der Waals surface area contributed by atoms with Crippen molar-refractivity contribution >= 4 is 23.5 Å². The van der Waals surface area contributed by atoms with Gasteiger partial charge in [0, 0.05) is 41.1 Å². The van der Waals surface area contributed by atoms with Crippen molar-refractivity contribution in [1.82, 2.24) is 0 Å². The summed E-state index contributed by atoms with van der Waals surface area (Å²) >= 11 is 0. The van der Waals surface area contributed by atoms with E-state index in [2.05, 4.69) is 0 Å². The van der Waals surface area contributed by atoms with Crippen LogP contribution in [0.1, 0.15) is 66.7 Å². The number of cyclic esters (lactones) is 1. The number of ether oxygens (including phenoxy) is 4. The summed E-state index contributed by atoms with van der Waals surface area (Å²) < 4.78 is 24.1. The number of hydrogen-bond donors (Lipinski definition) is 3. The molecule has 3 N–H and O–H groups in total. The van der Waals surface area contributed by atoms with E-state index in [1.807, 2.05) is 0 Å². The number of esters is 2. The van der Waals surface area contributed by atoms with Crippen LogP contribution in [0.3, 0.4) is 0 Å². The van der Waals surface area contributed by atoms with Gasteiger partial charge in [-0.1, -0.05) is 13.8 Å². The van der Waals surface area contributed by atoms with Crippen molar-refractivity contribution in [2.24, 2.45) is 35.0 Å². The third kappa shape index (κ3) is 2.83. The van der Waals surface area contributed by atoms with E-state index in [1.54, 1.807) is 40.7 Å². The standard InChI is InChI=1S/C29H36O11/c1-12-8-15(37-23(12)34)18-13(2)21(32)25(5)6-7-26-11-27-16(24(3,4)39-28(27,35)10-17(31)38-27)9-14(30)19(26)22(33)29(36,40-26)20(18)25/h8,13-16,18-20,30,35-36H,6-7,9-11H2,1-5H3/t13-,14-,15+,16-,18+,19-,20-,25-,26-,27+,28+,29-/m0/s1. The molecule has 0 radical (unpaired) electrons. The van der Waals surface area contributed by atoms with Crippen LogP contribution in [-0.2, 0) is 38.1 Å². The summed E-state index contributed by atoms with van der Waals surface area (Å²) in [5.41, 5.74) is -5.02. The number of fused-ring (bicyclic) bond motifs is 3. The number of aliphatic hydroxyl groups is 3. The molecule has 7 aliphatic rings. The number of Topliss-reactive ketones (excluding diaryl/α,β-unsaturated/α-hetero) is 2. The molecule has 2 aliphatic carbocycles.